The Labute approximate surface area is 143 Å². The van der Waals surface area contributed by atoms with Gasteiger partial charge in [-0.2, -0.15) is 13.2 Å². The largest absolute Gasteiger partial charge is 0.452 e. The molecule has 1 aromatic heterocycles. The quantitative estimate of drug-likeness (QED) is 0.789. The number of carbonyl (C=O) groups excluding carboxylic acids is 3. The van der Waals surface area contributed by atoms with Crippen LogP contribution in [-0.2, 0) is 15.7 Å². The Kier molecular flexibility index (Phi) is 5.42. The van der Waals surface area contributed by atoms with Gasteiger partial charge in [0.2, 0.25) is 0 Å². The highest BCUT2D eigenvalue weighted by atomic mass is 32.1. The fraction of sp³-hybridized carbons (Fsp3) is 0.133. The maximum absolute atomic E-state index is 12.4. The molecule has 0 aliphatic rings. The van der Waals surface area contributed by atoms with Gasteiger partial charge in [-0.1, -0.05) is 0 Å². The predicted molar refractivity (Wildman–Crippen MR) is 83.2 cm³/mol. The minimum atomic E-state index is -4.51. The number of rotatable bonds is 5. The fourth-order valence-electron chi connectivity index (χ4n) is 1.77. The minimum Gasteiger partial charge on any atom is -0.452 e. The molecule has 0 saturated carbocycles. The fourth-order valence-corrected chi connectivity index (χ4v) is 2.58. The number of benzene rings is 1. The van der Waals surface area contributed by atoms with E-state index in [2.05, 4.69) is 5.32 Å². The van der Waals surface area contributed by atoms with Crippen LogP contribution < -0.4 is 11.1 Å². The number of alkyl halides is 3. The van der Waals surface area contributed by atoms with Crippen molar-refractivity contribution in [3.8, 4) is 0 Å². The van der Waals surface area contributed by atoms with Crippen LogP contribution in [0.5, 0.6) is 0 Å². The molecule has 0 atom stereocenters. The molecule has 0 aliphatic heterocycles. The zero-order valence-corrected chi connectivity index (χ0v) is 13.2. The smallest absolute Gasteiger partial charge is 0.416 e. The highest BCUT2D eigenvalue weighted by Crippen LogP contribution is 2.29. The molecule has 0 radical (unpaired) electrons. The summed E-state index contributed by atoms with van der Waals surface area (Å²) in [4.78, 5) is 34.6. The number of nitrogens with one attached hydrogen (secondary N) is 1. The lowest BCUT2D eigenvalue weighted by atomic mass is 10.1. The number of halogens is 3. The number of hydrogen-bond donors (Lipinski definition) is 2. The van der Waals surface area contributed by atoms with Crippen LogP contribution in [0.15, 0.2) is 35.7 Å². The van der Waals surface area contributed by atoms with Crippen LogP contribution in [0.4, 0.5) is 18.2 Å². The normalized spacial score (nSPS) is 11.0. The third kappa shape index (κ3) is 4.80. The van der Waals surface area contributed by atoms with Crippen LogP contribution >= 0.6 is 11.3 Å². The Morgan fingerprint density at radius 1 is 1.12 bits per heavy atom. The van der Waals surface area contributed by atoms with Crippen molar-refractivity contribution in [3.63, 3.8) is 0 Å². The standard InChI is InChI=1S/C15H11F3N2O4S/c16-15(17,18)9-3-1-8(2-4-9)14(23)24-7-11(21)20-13-10(12(19)22)5-6-25-13/h1-6H,7H2,(H2,19,22)(H,20,21). The van der Waals surface area contributed by atoms with Gasteiger partial charge in [-0.15, -0.1) is 11.3 Å². The second-order valence-corrected chi connectivity index (χ2v) is 5.64. The van der Waals surface area contributed by atoms with Crippen molar-refractivity contribution < 1.29 is 32.3 Å². The average molecular weight is 372 g/mol. The van der Waals surface area contributed by atoms with E-state index in [-0.39, 0.29) is 16.1 Å². The molecule has 25 heavy (non-hydrogen) atoms. The van der Waals surface area contributed by atoms with Crippen molar-refractivity contribution in [1.82, 2.24) is 0 Å². The molecule has 0 fully saturated rings. The van der Waals surface area contributed by atoms with E-state index >= 15 is 0 Å². The Morgan fingerprint density at radius 2 is 1.76 bits per heavy atom. The molecule has 0 spiro atoms. The molecule has 0 bridgehead atoms. The molecule has 2 rings (SSSR count). The second kappa shape index (κ2) is 7.34. The molecule has 2 aromatic rings. The summed E-state index contributed by atoms with van der Waals surface area (Å²) in [5.74, 6) is -2.39. The SMILES string of the molecule is NC(=O)c1ccsc1NC(=O)COC(=O)c1ccc(C(F)(F)F)cc1. The maximum atomic E-state index is 12.4. The Morgan fingerprint density at radius 3 is 2.32 bits per heavy atom. The van der Waals surface area contributed by atoms with Gasteiger partial charge < -0.3 is 15.8 Å². The first-order valence-corrected chi connectivity index (χ1v) is 7.58. The van der Waals surface area contributed by atoms with E-state index in [0.29, 0.717) is 0 Å². The lowest BCUT2D eigenvalue weighted by molar-refractivity contribution is -0.137. The van der Waals surface area contributed by atoms with Crippen molar-refractivity contribution in [2.75, 3.05) is 11.9 Å². The first kappa shape index (κ1) is 18.5. The topological polar surface area (TPSA) is 98.5 Å². The summed E-state index contributed by atoms with van der Waals surface area (Å²) in [6.07, 6.45) is -4.51. The third-order valence-corrected chi connectivity index (χ3v) is 3.80. The molecule has 132 valence electrons. The Bertz CT molecular complexity index is 800. The molecule has 6 nitrogen and oxygen atoms in total. The Balaban J connectivity index is 1.92. The molecule has 0 unspecified atom stereocenters. The first-order valence-electron chi connectivity index (χ1n) is 6.70. The summed E-state index contributed by atoms with van der Waals surface area (Å²) in [6.45, 7) is -0.671. The van der Waals surface area contributed by atoms with Gasteiger partial charge in [0.1, 0.15) is 5.00 Å². The summed E-state index contributed by atoms with van der Waals surface area (Å²) in [5.41, 5.74) is 4.21. The second-order valence-electron chi connectivity index (χ2n) is 4.73. The van der Waals surface area contributed by atoms with E-state index in [0.717, 1.165) is 35.6 Å². The predicted octanol–water partition coefficient (Wildman–Crippen LogP) is 2.66. The molecule has 1 aromatic carbocycles. The van der Waals surface area contributed by atoms with Gasteiger partial charge in [0, 0.05) is 0 Å². The summed E-state index contributed by atoms with van der Waals surface area (Å²) in [6, 6.07) is 4.81. The van der Waals surface area contributed by atoms with Crippen LogP contribution in [0.25, 0.3) is 0 Å². The highest BCUT2D eigenvalue weighted by Gasteiger charge is 2.30. The maximum Gasteiger partial charge on any atom is 0.416 e. The van der Waals surface area contributed by atoms with Crippen LogP contribution in [-0.4, -0.2) is 24.4 Å². The minimum absolute atomic E-state index is 0.118. The zero-order valence-electron chi connectivity index (χ0n) is 12.4. The summed E-state index contributed by atoms with van der Waals surface area (Å²) in [7, 11) is 0. The van der Waals surface area contributed by atoms with Gasteiger partial charge in [-0.05, 0) is 35.7 Å². The van der Waals surface area contributed by atoms with E-state index in [1.54, 1.807) is 5.38 Å². The van der Waals surface area contributed by atoms with Gasteiger partial charge >= 0.3 is 12.1 Å². The van der Waals surface area contributed by atoms with E-state index in [4.69, 9.17) is 10.5 Å². The number of hydrogen-bond acceptors (Lipinski definition) is 5. The Hall–Kier alpha value is -2.88. The number of ether oxygens (including phenoxy) is 1. The number of nitrogens with two attached hydrogens (primary N) is 1. The number of thiophene rings is 1. The lowest BCUT2D eigenvalue weighted by Gasteiger charge is -2.08. The van der Waals surface area contributed by atoms with Crippen LogP contribution in [0, 0.1) is 0 Å². The molecule has 10 heteroatoms. The van der Waals surface area contributed by atoms with Crippen molar-refractivity contribution in [3.05, 3.63) is 52.4 Å². The van der Waals surface area contributed by atoms with E-state index in [1.807, 2.05) is 0 Å². The van der Waals surface area contributed by atoms with Gasteiger partial charge in [-0.3, -0.25) is 9.59 Å². The van der Waals surface area contributed by atoms with Gasteiger partial charge in [-0.25, -0.2) is 4.79 Å². The van der Waals surface area contributed by atoms with Crippen molar-refractivity contribution in [2.24, 2.45) is 5.73 Å². The highest BCUT2D eigenvalue weighted by molar-refractivity contribution is 7.14. The monoisotopic (exact) mass is 372 g/mol. The van der Waals surface area contributed by atoms with Gasteiger partial charge in [0.05, 0.1) is 16.7 Å². The van der Waals surface area contributed by atoms with Crippen molar-refractivity contribution in [2.45, 2.75) is 6.18 Å². The molecular weight excluding hydrogens is 361 g/mol. The third-order valence-electron chi connectivity index (χ3n) is 2.97. The number of carbonyl (C=O) groups is 3. The molecule has 0 saturated heterocycles. The molecule has 3 N–H and O–H groups in total. The van der Waals surface area contributed by atoms with Crippen LogP contribution in [0.2, 0.25) is 0 Å². The molecule has 1 heterocycles. The summed E-state index contributed by atoms with van der Waals surface area (Å²) in [5, 5.41) is 4.12. The zero-order chi connectivity index (χ0) is 18.6. The number of anilines is 1. The van der Waals surface area contributed by atoms with Crippen molar-refractivity contribution in [1.29, 1.82) is 0 Å². The first-order chi connectivity index (χ1) is 11.7. The van der Waals surface area contributed by atoms with E-state index in [9.17, 15) is 27.6 Å². The van der Waals surface area contributed by atoms with Gasteiger partial charge in [0.15, 0.2) is 6.61 Å². The van der Waals surface area contributed by atoms with E-state index < -0.39 is 36.1 Å². The van der Waals surface area contributed by atoms with Crippen molar-refractivity contribution >= 4 is 34.1 Å². The average Bonchev–Trinajstić information content (AvgIpc) is 3.00. The summed E-state index contributed by atoms with van der Waals surface area (Å²) >= 11 is 1.06. The van der Waals surface area contributed by atoms with E-state index in [1.165, 1.54) is 6.07 Å². The van der Waals surface area contributed by atoms with Gasteiger partial charge in [0.25, 0.3) is 11.8 Å². The van der Waals surface area contributed by atoms with Crippen LogP contribution in [0.1, 0.15) is 26.3 Å². The number of primary amides is 1. The molecule has 0 aliphatic carbocycles. The number of amides is 2. The lowest BCUT2D eigenvalue weighted by Crippen LogP contribution is -2.22. The molecule has 2 amide bonds. The van der Waals surface area contributed by atoms with Crippen LogP contribution in [0.3, 0.4) is 0 Å². The number of esters is 1. The summed E-state index contributed by atoms with van der Waals surface area (Å²) < 4.78 is 42.1. The molecular formula is C15H11F3N2O4S.